The van der Waals surface area contributed by atoms with Crippen LogP contribution >= 0.6 is 0 Å². The highest BCUT2D eigenvalue weighted by Gasteiger charge is 2.08. The molecule has 0 aliphatic carbocycles. The summed E-state index contributed by atoms with van der Waals surface area (Å²) in [5.74, 6) is 0.939. The lowest BCUT2D eigenvalue weighted by molar-refractivity contribution is -0.116. The summed E-state index contributed by atoms with van der Waals surface area (Å²) in [5, 5.41) is 11.5. The molecule has 146 valence electrons. The van der Waals surface area contributed by atoms with E-state index in [1.165, 1.54) is 44.8 Å². The van der Waals surface area contributed by atoms with Gasteiger partial charge >= 0.3 is 0 Å². The number of nitriles is 1. The van der Waals surface area contributed by atoms with Gasteiger partial charge in [-0.1, -0.05) is 18.9 Å². The first-order valence-electron chi connectivity index (χ1n) is 9.59. The highest BCUT2D eigenvalue weighted by molar-refractivity contribution is 5.91. The van der Waals surface area contributed by atoms with Crippen LogP contribution in [0, 0.1) is 11.3 Å². The number of likely N-dealkylation sites (tertiary alicyclic amines) is 1. The van der Waals surface area contributed by atoms with Gasteiger partial charge in [0.25, 0.3) is 0 Å². The summed E-state index contributed by atoms with van der Waals surface area (Å²) in [4.78, 5) is 14.5. The number of nitrogens with one attached hydrogen (secondary N) is 1. The molecule has 1 saturated heterocycles. The minimum atomic E-state index is -0.102. The van der Waals surface area contributed by atoms with E-state index in [1.807, 2.05) is 12.1 Å². The molecule has 1 heterocycles. The summed E-state index contributed by atoms with van der Waals surface area (Å²) in [5.41, 5.74) is 0.830. The molecule has 1 aliphatic heterocycles. The Hall–Kier alpha value is -2.52. The molecule has 0 radical (unpaired) electrons. The summed E-state index contributed by atoms with van der Waals surface area (Å²) in [6.45, 7) is 4.06. The largest absolute Gasteiger partial charge is 0.493 e. The lowest BCUT2D eigenvalue weighted by Crippen LogP contribution is -2.30. The van der Waals surface area contributed by atoms with Crippen molar-refractivity contribution in [2.24, 2.45) is 0 Å². The van der Waals surface area contributed by atoms with E-state index >= 15 is 0 Å². The molecule has 27 heavy (non-hydrogen) atoms. The third kappa shape index (κ3) is 7.71. The normalized spacial score (nSPS) is 15.1. The van der Waals surface area contributed by atoms with E-state index in [-0.39, 0.29) is 12.5 Å². The number of hydrogen-bond donors (Lipinski definition) is 1. The molecule has 1 amide bonds. The maximum atomic E-state index is 12.0. The van der Waals surface area contributed by atoms with Crippen LogP contribution in [0.15, 0.2) is 24.3 Å². The van der Waals surface area contributed by atoms with Crippen molar-refractivity contribution >= 4 is 12.0 Å². The van der Waals surface area contributed by atoms with Crippen molar-refractivity contribution in [1.29, 1.82) is 5.26 Å². The Morgan fingerprint density at radius 1 is 1.26 bits per heavy atom. The fourth-order valence-electron chi connectivity index (χ4n) is 3.12. The smallest absolute Gasteiger partial charge is 0.243 e. The monoisotopic (exact) mass is 371 g/mol. The first kappa shape index (κ1) is 20.8. The molecule has 1 N–H and O–H groups in total. The van der Waals surface area contributed by atoms with Crippen molar-refractivity contribution in [1.82, 2.24) is 10.2 Å². The fraction of sp³-hybridized carbons (Fsp3) is 0.524. The van der Waals surface area contributed by atoms with E-state index in [2.05, 4.69) is 10.2 Å². The minimum Gasteiger partial charge on any atom is -0.493 e. The molecule has 0 atom stereocenters. The van der Waals surface area contributed by atoms with E-state index in [4.69, 9.17) is 14.7 Å². The van der Waals surface area contributed by atoms with E-state index < -0.39 is 0 Å². The van der Waals surface area contributed by atoms with Gasteiger partial charge < -0.3 is 19.7 Å². The molecule has 1 aromatic carbocycles. The average Bonchev–Trinajstić information content (AvgIpc) is 2.97. The zero-order valence-corrected chi connectivity index (χ0v) is 16.1. The van der Waals surface area contributed by atoms with Gasteiger partial charge in [0.05, 0.1) is 7.11 Å². The Kier molecular flexibility index (Phi) is 9.22. The van der Waals surface area contributed by atoms with Crippen LogP contribution in [-0.2, 0) is 4.79 Å². The first-order valence-corrected chi connectivity index (χ1v) is 9.59. The topological polar surface area (TPSA) is 74.6 Å². The zero-order chi connectivity index (χ0) is 19.3. The van der Waals surface area contributed by atoms with Crippen molar-refractivity contribution in [3.05, 3.63) is 29.8 Å². The molecular weight excluding hydrogens is 342 g/mol. The Morgan fingerprint density at radius 3 is 2.74 bits per heavy atom. The van der Waals surface area contributed by atoms with Gasteiger partial charge in [0.1, 0.15) is 6.07 Å². The van der Waals surface area contributed by atoms with Crippen molar-refractivity contribution < 1.29 is 14.3 Å². The van der Waals surface area contributed by atoms with Gasteiger partial charge in [0, 0.05) is 12.6 Å². The average molecular weight is 371 g/mol. The second-order valence-electron chi connectivity index (χ2n) is 6.59. The SMILES string of the molecule is COc1cc(C=CC(=O)NCCCN2CCCCCC2)ccc1OCC#N. The van der Waals surface area contributed by atoms with E-state index in [1.54, 1.807) is 25.3 Å². The quantitative estimate of drug-likeness (QED) is 0.533. The van der Waals surface area contributed by atoms with E-state index in [9.17, 15) is 4.79 Å². The third-order valence-corrected chi connectivity index (χ3v) is 4.56. The number of ether oxygens (including phenoxy) is 2. The summed E-state index contributed by atoms with van der Waals surface area (Å²) >= 11 is 0. The van der Waals surface area contributed by atoms with Gasteiger partial charge in [0.15, 0.2) is 18.1 Å². The minimum absolute atomic E-state index is 0.0363. The van der Waals surface area contributed by atoms with Crippen LogP contribution in [-0.4, -0.2) is 50.7 Å². The molecular formula is C21H29N3O3. The van der Waals surface area contributed by atoms with E-state index in [0.29, 0.717) is 18.0 Å². The molecule has 0 unspecified atom stereocenters. The van der Waals surface area contributed by atoms with Gasteiger partial charge in [-0.05, 0) is 62.7 Å². The highest BCUT2D eigenvalue weighted by atomic mass is 16.5. The van der Waals surface area contributed by atoms with Gasteiger partial charge in [0.2, 0.25) is 5.91 Å². The molecule has 0 spiro atoms. The standard InChI is InChI=1S/C21H29N3O3/c1-26-20-17-18(7-9-19(20)27-16-11-22)8-10-21(25)23-12-6-15-24-13-4-2-3-5-14-24/h7-10,17H,2-6,12-16H2,1H3,(H,23,25). The predicted octanol–water partition coefficient (Wildman–Crippen LogP) is 2.99. The summed E-state index contributed by atoms with van der Waals surface area (Å²) in [6.07, 6.45) is 9.50. The number of nitrogens with zero attached hydrogens (tertiary/aromatic N) is 2. The van der Waals surface area contributed by atoms with Crippen molar-refractivity contribution in [2.75, 3.05) is 39.9 Å². The van der Waals surface area contributed by atoms with Crippen LogP contribution in [0.5, 0.6) is 11.5 Å². The molecule has 6 heteroatoms. The maximum Gasteiger partial charge on any atom is 0.243 e. The first-order chi connectivity index (χ1) is 13.2. The number of rotatable bonds is 9. The van der Waals surface area contributed by atoms with Gasteiger partial charge in [-0.15, -0.1) is 0 Å². The number of benzene rings is 1. The van der Waals surface area contributed by atoms with Crippen LogP contribution in [0.4, 0.5) is 0 Å². The van der Waals surface area contributed by atoms with Crippen molar-refractivity contribution in [3.8, 4) is 17.6 Å². The number of carbonyl (C=O) groups excluding carboxylic acids is 1. The second kappa shape index (κ2) is 12.0. The number of hydrogen-bond acceptors (Lipinski definition) is 5. The van der Waals surface area contributed by atoms with Crippen molar-refractivity contribution in [3.63, 3.8) is 0 Å². The van der Waals surface area contributed by atoms with Crippen molar-refractivity contribution in [2.45, 2.75) is 32.1 Å². The number of amides is 1. The Labute approximate surface area is 161 Å². The Bertz CT molecular complexity index is 659. The number of carbonyl (C=O) groups is 1. The molecule has 1 aromatic rings. The molecule has 6 nitrogen and oxygen atoms in total. The van der Waals surface area contributed by atoms with Crippen LogP contribution in [0.2, 0.25) is 0 Å². The predicted molar refractivity (Wildman–Crippen MR) is 106 cm³/mol. The maximum absolute atomic E-state index is 12.0. The third-order valence-electron chi connectivity index (χ3n) is 4.56. The second-order valence-corrected chi connectivity index (χ2v) is 6.59. The van der Waals surface area contributed by atoms with Gasteiger partial charge in [-0.25, -0.2) is 0 Å². The van der Waals surface area contributed by atoms with Gasteiger partial charge in [-0.3, -0.25) is 4.79 Å². The molecule has 0 saturated carbocycles. The highest BCUT2D eigenvalue weighted by Crippen LogP contribution is 2.28. The van der Waals surface area contributed by atoms with Crippen LogP contribution in [0.3, 0.4) is 0 Å². The molecule has 2 rings (SSSR count). The molecule has 0 aromatic heterocycles. The fourth-order valence-corrected chi connectivity index (χ4v) is 3.12. The zero-order valence-electron chi connectivity index (χ0n) is 16.1. The lowest BCUT2D eigenvalue weighted by atomic mass is 10.2. The molecule has 0 bridgehead atoms. The van der Waals surface area contributed by atoms with Crippen LogP contribution in [0.1, 0.15) is 37.7 Å². The lowest BCUT2D eigenvalue weighted by Gasteiger charge is -2.19. The summed E-state index contributed by atoms with van der Waals surface area (Å²) < 4.78 is 10.5. The number of methoxy groups -OCH3 is 1. The van der Waals surface area contributed by atoms with Gasteiger partial charge in [-0.2, -0.15) is 5.26 Å². The summed E-state index contributed by atoms with van der Waals surface area (Å²) in [7, 11) is 1.54. The molecule has 1 fully saturated rings. The van der Waals surface area contributed by atoms with Crippen LogP contribution < -0.4 is 14.8 Å². The Morgan fingerprint density at radius 2 is 2.04 bits per heavy atom. The van der Waals surface area contributed by atoms with E-state index in [0.717, 1.165) is 18.5 Å². The molecule has 1 aliphatic rings. The summed E-state index contributed by atoms with van der Waals surface area (Å²) in [6, 6.07) is 7.25. The Balaban J connectivity index is 1.74. The van der Waals surface area contributed by atoms with Crippen LogP contribution in [0.25, 0.3) is 6.08 Å².